The van der Waals surface area contributed by atoms with Gasteiger partial charge < -0.3 is 11.1 Å². The van der Waals surface area contributed by atoms with E-state index in [-0.39, 0.29) is 5.91 Å². The molecule has 1 amide bonds. The molecule has 0 saturated carbocycles. The summed E-state index contributed by atoms with van der Waals surface area (Å²) in [5.74, 6) is -0.277. The molecule has 0 aromatic carbocycles. The molecule has 0 saturated heterocycles. The van der Waals surface area contributed by atoms with Crippen molar-refractivity contribution in [2.45, 2.75) is 6.92 Å². The molecule has 3 N–H and O–H groups in total. The maximum absolute atomic E-state index is 11.7. The molecule has 0 aliphatic rings. The van der Waals surface area contributed by atoms with Crippen molar-refractivity contribution in [1.82, 2.24) is 9.97 Å². The monoisotopic (exact) mass is 234 g/mol. The molecule has 0 fully saturated rings. The van der Waals surface area contributed by atoms with Crippen LogP contribution in [0.4, 0.5) is 10.8 Å². The minimum Gasteiger partial charge on any atom is -0.375 e. The van der Waals surface area contributed by atoms with Crippen LogP contribution in [-0.2, 0) is 0 Å². The van der Waals surface area contributed by atoms with E-state index >= 15 is 0 Å². The van der Waals surface area contributed by atoms with Crippen LogP contribution in [0.1, 0.15) is 16.1 Å². The van der Waals surface area contributed by atoms with Crippen molar-refractivity contribution in [3.63, 3.8) is 0 Å². The highest BCUT2D eigenvalue weighted by molar-refractivity contribution is 7.13. The lowest BCUT2D eigenvalue weighted by Crippen LogP contribution is -2.12. The number of carbonyl (C=O) groups excluding carboxylic acids is 1. The first-order chi connectivity index (χ1) is 7.65. The molecule has 0 aliphatic heterocycles. The Morgan fingerprint density at radius 1 is 1.50 bits per heavy atom. The summed E-state index contributed by atoms with van der Waals surface area (Å²) in [6, 6.07) is 1.83. The second-order valence-electron chi connectivity index (χ2n) is 3.28. The number of nitrogens with zero attached hydrogens (tertiary/aromatic N) is 2. The van der Waals surface area contributed by atoms with Gasteiger partial charge in [-0.1, -0.05) is 0 Å². The summed E-state index contributed by atoms with van der Waals surface area (Å²) in [6.07, 6.45) is 3.30. The summed E-state index contributed by atoms with van der Waals surface area (Å²) in [5, 5.41) is 4.70. The number of aryl methyl sites for hydroxylation is 1. The number of rotatable bonds is 2. The van der Waals surface area contributed by atoms with Crippen LogP contribution >= 0.6 is 11.3 Å². The number of nitrogens with two attached hydrogens (primary N) is 1. The zero-order valence-electron chi connectivity index (χ0n) is 8.60. The predicted octanol–water partition coefficient (Wildman–Crippen LogP) is 1.68. The van der Waals surface area contributed by atoms with Crippen molar-refractivity contribution in [1.29, 1.82) is 0 Å². The Balaban J connectivity index is 2.13. The summed E-state index contributed by atoms with van der Waals surface area (Å²) in [7, 11) is 0. The van der Waals surface area contributed by atoms with Gasteiger partial charge in [0.2, 0.25) is 0 Å². The fourth-order valence-corrected chi connectivity index (χ4v) is 1.75. The number of anilines is 2. The first kappa shape index (κ1) is 10.6. The summed E-state index contributed by atoms with van der Waals surface area (Å²) < 4.78 is 0. The average molecular weight is 234 g/mol. The van der Waals surface area contributed by atoms with Crippen molar-refractivity contribution in [3.05, 3.63) is 35.1 Å². The van der Waals surface area contributed by atoms with Gasteiger partial charge in [-0.05, 0) is 18.6 Å². The van der Waals surface area contributed by atoms with Crippen molar-refractivity contribution in [2.75, 3.05) is 11.1 Å². The molecule has 5 nitrogen and oxygen atoms in total. The second kappa shape index (κ2) is 4.28. The quantitative estimate of drug-likeness (QED) is 0.828. The van der Waals surface area contributed by atoms with Crippen molar-refractivity contribution in [3.8, 4) is 0 Å². The highest BCUT2D eigenvalue weighted by Crippen LogP contribution is 2.13. The number of hydrogen-bond acceptors (Lipinski definition) is 5. The van der Waals surface area contributed by atoms with E-state index in [4.69, 9.17) is 5.73 Å². The van der Waals surface area contributed by atoms with E-state index < -0.39 is 0 Å². The van der Waals surface area contributed by atoms with Crippen LogP contribution < -0.4 is 11.1 Å². The minimum absolute atomic E-state index is 0.277. The maximum atomic E-state index is 11.7. The largest absolute Gasteiger partial charge is 0.375 e. The predicted molar refractivity (Wildman–Crippen MR) is 63.5 cm³/mol. The molecule has 0 bridgehead atoms. The van der Waals surface area contributed by atoms with E-state index in [1.165, 1.54) is 11.3 Å². The molecule has 0 unspecified atom stereocenters. The van der Waals surface area contributed by atoms with Crippen molar-refractivity contribution < 1.29 is 4.79 Å². The van der Waals surface area contributed by atoms with Crippen LogP contribution in [0.5, 0.6) is 0 Å². The molecule has 2 rings (SSSR count). The molecular weight excluding hydrogens is 224 g/mol. The number of aromatic nitrogens is 2. The standard InChI is InChI=1S/C10H10N4OS/c1-6-2-7(4-12-3-6)13-9(15)8-5-16-10(11)14-8/h2-5H,1H3,(H2,11,14)(H,13,15). The molecule has 0 atom stereocenters. The fourth-order valence-electron chi connectivity index (χ4n) is 1.21. The molecule has 0 aliphatic carbocycles. The van der Waals surface area contributed by atoms with Crippen LogP contribution in [0.15, 0.2) is 23.8 Å². The summed E-state index contributed by atoms with van der Waals surface area (Å²) in [5.41, 5.74) is 7.40. The first-order valence-electron chi connectivity index (χ1n) is 4.59. The van der Waals surface area contributed by atoms with Gasteiger partial charge in [0.15, 0.2) is 5.13 Å². The zero-order valence-corrected chi connectivity index (χ0v) is 9.41. The van der Waals surface area contributed by atoms with Crippen LogP contribution in [0.25, 0.3) is 0 Å². The molecule has 0 radical (unpaired) electrons. The third-order valence-electron chi connectivity index (χ3n) is 1.89. The number of nitrogens with one attached hydrogen (secondary N) is 1. The van der Waals surface area contributed by atoms with E-state index in [2.05, 4.69) is 15.3 Å². The van der Waals surface area contributed by atoms with E-state index in [1.54, 1.807) is 17.8 Å². The number of amides is 1. The minimum atomic E-state index is -0.277. The Hall–Kier alpha value is -1.95. The van der Waals surface area contributed by atoms with Gasteiger partial charge in [0.25, 0.3) is 5.91 Å². The SMILES string of the molecule is Cc1cncc(NC(=O)c2csc(N)n2)c1. The Morgan fingerprint density at radius 3 is 2.94 bits per heavy atom. The lowest BCUT2D eigenvalue weighted by atomic mass is 10.3. The lowest BCUT2D eigenvalue weighted by Gasteiger charge is -2.02. The lowest BCUT2D eigenvalue weighted by molar-refractivity contribution is 0.102. The maximum Gasteiger partial charge on any atom is 0.275 e. The average Bonchev–Trinajstić information content (AvgIpc) is 2.65. The normalized spacial score (nSPS) is 10.1. The van der Waals surface area contributed by atoms with Crippen LogP contribution in [0.3, 0.4) is 0 Å². The van der Waals surface area contributed by atoms with Gasteiger partial charge in [0.1, 0.15) is 5.69 Å². The van der Waals surface area contributed by atoms with E-state index in [9.17, 15) is 4.79 Å². The Bertz CT molecular complexity index is 523. The number of carbonyl (C=O) groups is 1. The van der Waals surface area contributed by atoms with E-state index in [1.807, 2.05) is 13.0 Å². The number of nitrogen functional groups attached to an aromatic ring is 1. The van der Waals surface area contributed by atoms with Crippen molar-refractivity contribution in [2.24, 2.45) is 0 Å². The molecule has 2 aromatic rings. The third-order valence-corrected chi connectivity index (χ3v) is 2.56. The fraction of sp³-hybridized carbons (Fsp3) is 0.100. The number of hydrogen-bond donors (Lipinski definition) is 2. The molecular formula is C10H10N4OS. The van der Waals surface area contributed by atoms with Gasteiger partial charge in [-0.2, -0.15) is 0 Å². The van der Waals surface area contributed by atoms with Crippen LogP contribution in [0, 0.1) is 6.92 Å². The molecule has 82 valence electrons. The third kappa shape index (κ3) is 2.34. The highest BCUT2D eigenvalue weighted by atomic mass is 32.1. The number of thiazole rings is 1. The van der Waals surface area contributed by atoms with E-state index in [0.717, 1.165) is 5.56 Å². The molecule has 16 heavy (non-hydrogen) atoms. The number of pyridine rings is 1. The summed E-state index contributed by atoms with van der Waals surface area (Å²) in [6.45, 7) is 1.91. The molecule has 2 aromatic heterocycles. The summed E-state index contributed by atoms with van der Waals surface area (Å²) >= 11 is 1.24. The molecule has 6 heteroatoms. The molecule has 2 heterocycles. The smallest absolute Gasteiger partial charge is 0.275 e. The second-order valence-corrected chi connectivity index (χ2v) is 4.17. The van der Waals surface area contributed by atoms with Gasteiger partial charge in [-0.3, -0.25) is 9.78 Å². The van der Waals surface area contributed by atoms with E-state index in [0.29, 0.717) is 16.5 Å². The topological polar surface area (TPSA) is 80.9 Å². The zero-order chi connectivity index (χ0) is 11.5. The van der Waals surface area contributed by atoms with Crippen LogP contribution in [0.2, 0.25) is 0 Å². The van der Waals surface area contributed by atoms with Gasteiger partial charge in [-0.15, -0.1) is 11.3 Å². The van der Waals surface area contributed by atoms with Gasteiger partial charge >= 0.3 is 0 Å². The van der Waals surface area contributed by atoms with Gasteiger partial charge in [0, 0.05) is 11.6 Å². The molecule has 0 spiro atoms. The van der Waals surface area contributed by atoms with Gasteiger partial charge in [-0.25, -0.2) is 4.98 Å². The van der Waals surface area contributed by atoms with Gasteiger partial charge in [0.05, 0.1) is 11.9 Å². The highest BCUT2D eigenvalue weighted by Gasteiger charge is 2.09. The first-order valence-corrected chi connectivity index (χ1v) is 5.47. The Labute approximate surface area is 96.3 Å². The van der Waals surface area contributed by atoms with Crippen LogP contribution in [-0.4, -0.2) is 15.9 Å². The van der Waals surface area contributed by atoms with Crippen molar-refractivity contribution >= 4 is 28.1 Å². The summed E-state index contributed by atoms with van der Waals surface area (Å²) in [4.78, 5) is 19.6. The Morgan fingerprint density at radius 2 is 2.31 bits per heavy atom. The Kier molecular flexibility index (Phi) is 2.82.